The second-order valence-electron chi connectivity index (χ2n) is 6.60. The fraction of sp³-hybridized carbons (Fsp3) is 0.474. The number of aromatic nitrogens is 3. The van der Waals surface area contributed by atoms with Crippen molar-refractivity contribution in [1.82, 2.24) is 19.9 Å². The van der Waals surface area contributed by atoms with E-state index in [4.69, 9.17) is 4.74 Å². The Morgan fingerprint density at radius 2 is 2.23 bits per heavy atom. The van der Waals surface area contributed by atoms with E-state index in [1.165, 1.54) is 7.11 Å². The van der Waals surface area contributed by atoms with Crippen LogP contribution in [0.25, 0.3) is 11.4 Å². The van der Waals surface area contributed by atoms with Crippen molar-refractivity contribution in [1.29, 1.82) is 0 Å². The normalized spacial score (nSPS) is 17.7. The number of methoxy groups -OCH3 is 1. The molecule has 3 heterocycles. The molecular formula is C19H25N5O2. The number of likely N-dealkylation sites (tertiary alicyclic amines) is 1. The Morgan fingerprint density at radius 3 is 3.00 bits per heavy atom. The number of pyridine rings is 1. The first kappa shape index (κ1) is 18.3. The predicted octanol–water partition coefficient (Wildman–Crippen LogP) is 2.14. The lowest BCUT2D eigenvalue weighted by atomic mass is 9.98. The number of piperidine rings is 1. The van der Waals surface area contributed by atoms with Gasteiger partial charge in [-0.3, -0.25) is 14.7 Å². The van der Waals surface area contributed by atoms with E-state index in [-0.39, 0.29) is 5.97 Å². The second kappa shape index (κ2) is 8.71. The maximum atomic E-state index is 11.5. The molecule has 26 heavy (non-hydrogen) atoms. The molecule has 2 aromatic heterocycles. The van der Waals surface area contributed by atoms with E-state index in [1.807, 2.05) is 31.2 Å². The Balaban J connectivity index is 1.61. The number of hydrogen-bond donors (Lipinski definition) is 1. The van der Waals surface area contributed by atoms with Gasteiger partial charge < -0.3 is 10.1 Å². The zero-order chi connectivity index (χ0) is 18.4. The third kappa shape index (κ3) is 4.98. The van der Waals surface area contributed by atoms with Gasteiger partial charge in [0.1, 0.15) is 11.6 Å². The van der Waals surface area contributed by atoms with Crippen LogP contribution in [-0.4, -0.2) is 59.1 Å². The number of nitrogens with zero attached hydrogens (tertiary/aromatic N) is 4. The first-order valence-corrected chi connectivity index (χ1v) is 8.94. The topological polar surface area (TPSA) is 80.2 Å². The molecule has 0 saturated carbocycles. The first-order chi connectivity index (χ1) is 12.6. The van der Waals surface area contributed by atoms with Gasteiger partial charge in [0.2, 0.25) is 0 Å². The molecule has 0 radical (unpaired) electrons. The van der Waals surface area contributed by atoms with E-state index in [0.29, 0.717) is 18.3 Å². The fourth-order valence-corrected chi connectivity index (χ4v) is 3.26. The molecule has 7 heteroatoms. The molecule has 7 nitrogen and oxygen atoms in total. The van der Waals surface area contributed by atoms with Gasteiger partial charge >= 0.3 is 5.97 Å². The van der Waals surface area contributed by atoms with Crippen molar-refractivity contribution < 1.29 is 9.53 Å². The lowest BCUT2D eigenvalue weighted by molar-refractivity contribution is -0.142. The standard InChI is InChI=1S/C19H25N5O2/c1-14-22-17(16-7-3-4-8-20-16)10-18(23-14)21-11-15-6-5-9-24(12-15)13-19(25)26-2/h3-4,7-8,10,15H,5-6,9,11-13H2,1-2H3,(H,21,22,23). The van der Waals surface area contributed by atoms with Gasteiger partial charge in [-0.2, -0.15) is 0 Å². The molecule has 0 spiro atoms. The molecule has 138 valence electrons. The molecule has 3 rings (SSSR count). The van der Waals surface area contributed by atoms with Crippen LogP contribution in [0.3, 0.4) is 0 Å². The lowest BCUT2D eigenvalue weighted by Crippen LogP contribution is -2.41. The van der Waals surface area contributed by atoms with E-state index in [0.717, 1.165) is 49.7 Å². The molecule has 0 bridgehead atoms. The van der Waals surface area contributed by atoms with Crippen LogP contribution in [0.15, 0.2) is 30.5 Å². The van der Waals surface area contributed by atoms with Crippen LogP contribution in [-0.2, 0) is 9.53 Å². The third-order valence-electron chi connectivity index (χ3n) is 4.52. The summed E-state index contributed by atoms with van der Waals surface area (Å²) in [5.41, 5.74) is 1.65. The number of aryl methyl sites for hydroxylation is 1. The smallest absolute Gasteiger partial charge is 0.319 e. The summed E-state index contributed by atoms with van der Waals surface area (Å²) in [6.07, 6.45) is 3.99. The number of ether oxygens (including phenoxy) is 1. The van der Waals surface area contributed by atoms with Crippen molar-refractivity contribution in [3.8, 4) is 11.4 Å². The lowest BCUT2D eigenvalue weighted by Gasteiger charge is -2.32. The number of carbonyl (C=O) groups excluding carboxylic acids is 1. The first-order valence-electron chi connectivity index (χ1n) is 8.94. The summed E-state index contributed by atoms with van der Waals surface area (Å²) in [4.78, 5) is 27.0. The molecule has 1 N–H and O–H groups in total. The molecule has 1 saturated heterocycles. The van der Waals surface area contributed by atoms with E-state index in [1.54, 1.807) is 6.20 Å². The molecule has 0 amide bonds. The maximum absolute atomic E-state index is 11.5. The number of rotatable bonds is 6. The van der Waals surface area contributed by atoms with E-state index in [2.05, 4.69) is 25.2 Å². The van der Waals surface area contributed by atoms with E-state index >= 15 is 0 Å². The molecule has 2 aromatic rings. The Kier molecular flexibility index (Phi) is 6.12. The highest BCUT2D eigenvalue weighted by molar-refractivity contribution is 5.71. The quantitative estimate of drug-likeness (QED) is 0.795. The molecule has 1 aliphatic rings. The molecule has 0 aliphatic carbocycles. The van der Waals surface area contributed by atoms with Crippen molar-refractivity contribution in [3.63, 3.8) is 0 Å². The van der Waals surface area contributed by atoms with Gasteiger partial charge in [-0.1, -0.05) is 6.07 Å². The zero-order valence-corrected chi connectivity index (χ0v) is 15.3. The number of esters is 1. The molecular weight excluding hydrogens is 330 g/mol. The monoisotopic (exact) mass is 355 g/mol. The van der Waals surface area contributed by atoms with Crippen LogP contribution in [0, 0.1) is 12.8 Å². The Morgan fingerprint density at radius 1 is 1.35 bits per heavy atom. The number of anilines is 1. The van der Waals surface area contributed by atoms with Crippen LogP contribution in [0.1, 0.15) is 18.7 Å². The van der Waals surface area contributed by atoms with Gasteiger partial charge in [0, 0.05) is 25.4 Å². The largest absolute Gasteiger partial charge is 0.468 e. The summed E-state index contributed by atoms with van der Waals surface area (Å²) >= 11 is 0. The van der Waals surface area contributed by atoms with E-state index in [9.17, 15) is 4.79 Å². The Labute approximate surface area is 153 Å². The maximum Gasteiger partial charge on any atom is 0.319 e. The minimum atomic E-state index is -0.176. The van der Waals surface area contributed by atoms with Crippen LogP contribution in [0.4, 0.5) is 5.82 Å². The van der Waals surface area contributed by atoms with Gasteiger partial charge in [0.05, 0.1) is 25.0 Å². The van der Waals surface area contributed by atoms with Crippen molar-refractivity contribution in [2.24, 2.45) is 5.92 Å². The molecule has 1 aliphatic heterocycles. The van der Waals surface area contributed by atoms with Crippen LogP contribution in [0.5, 0.6) is 0 Å². The number of carbonyl (C=O) groups is 1. The Bertz CT molecular complexity index is 738. The van der Waals surface area contributed by atoms with Gasteiger partial charge in [-0.05, 0) is 44.4 Å². The predicted molar refractivity (Wildman–Crippen MR) is 99.7 cm³/mol. The summed E-state index contributed by atoms with van der Waals surface area (Å²) in [5.74, 6) is 1.82. The third-order valence-corrected chi connectivity index (χ3v) is 4.52. The van der Waals surface area contributed by atoms with Crippen molar-refractivity contribution in [2.75, 3.05) is 38.6 Å². The van der Waals surface area contributed by atoms with Crippen molar-refractivity contribution >= 4 is 11.8 Å². The van der Waals surface area contributed by atoms with Gasteiger partial charge in [0.25, 0.3) is 0 Å². The van der Waals surface area contributed by atoms with E-state index < -0.39 is 0 Å². The summed E-state index contributed by atoms with van der Waals surface area (Å²) in [6.45, 7) is 4.90. The number of hydrogen-bond acceptors (Lipinski definition) is 7. The minimum Gasteiger partial charge on any atom is -0.468 e. The van der Waals surface area contributed by atoms with Gasteiger partial charge in [-0.25, -0.2) is 9.97 Å². The SMILES string of the molecule is COC(=O)CN1CCCC(CNc2cc(-c3ccccn3)nc(C)n2)C1. The minimum absolute atomic E-state index is 0.176. The zero-order valence-electron chi connectivity index (χ0n) is 15.3. The van der Waals surface area contributed by atoms with Gasteiger partial charge in [-0.15, -0.1) is 0 Å². The Hall–Kier alpha value is -2.54. The summed E-state index contributed by atoms with van der Waals surface area (Å²) in [7, 11) is 1.43. The number of nitrogens with one attached hydrogen (secondary N) is 1. The van der Waals surface area contributed by atoms with Crippen molar-refractivity contribution in [3.05, 3.63) is 36.3 Å². The highest BCUT2D eigenvalue weighted by atomic mass is 16.5. The van der Waals surface area contributed by atoms with Crippen molar-refractivity contribution in [2.45, 2.75) is 19.8 Å². The van der Waals surface area contributed by atoms with Crippen LogP contribution in [0.2, 0.25) is 0 Å². The molecule has 1 atom stereocenters. The molecule has 1 unspecified atom stereocenters. The average molecular weight is 355 g/mol. The second-order valence-corrected chi connectivity index (χ2v) is 6.60. The summed E-state index contributed by atoms with van der Waals surface area (Å²) in [6, 6.07) is 7.71. The highest BCUT2D eigenvalue weighted by Gasteiger charge is 2.22. The summed E-state index contributed by atoms with van der Waals surface area (Å²) in [5, 5.41) is 3.43. The van der Waals surface area contributed by atoms with Crippen LogP contribution >= 0.6 is 0 Å². The fourth-order valence-electron chi connectivity index (χ4n) is 3.26. The highest BCUT2D eigenvalue weighted by Crippen LogP contribution is 2.20. The summed E-state index contributed by atoms with van der Waals surface area (Å²) < 4.78 is 4.77. The van der Waals surface area contributed by atoms with Gasteiger partial charge in [0.15, 0.2) is 0 Å². The molecule has 1 fully saturated rings. The average Bonchev–Trinajstić information content (AvgIpc) is 2.67. The van der Waals surface area contributed by atoms with Crippen LogP contribution < -0.4 is 5.32 Å². The molecule has 0 aromatic carbocycles.